The van der Waals surface area contributed by atoms with E-state index in [-0.39, 0.29) is 0 Å². The molecule has 0 unspecified atom stereocenters. The van der Waals surface area contributed by atoms with Gasteiger partial charge in [-0.3, -0.25) is 0 Å². The summed E-state index contributed by atoms with van der Waals surface area (Å²) in [7, 11) is 0. The fourth-order valence-electron chi connectivity index (χ4n) is 22.5. The first-order chi connectivity index (χ1) is 64.5. The summed E-state index contributed by atoms with van der Waals surface area (Å²) in [5, 5.41) is 14.6. The zero-order chi connectivity index (χ0) is 85.5. The minimum Gasteiger partial charge on any atom is -0.309 e. The van der Waals surface area contributed by atoms with Gasteiger partial charge in [0.05, 0.1) is 22.2 Å². The fourth-order valence-corrected chi connectivity index (χ4v) is 24.9. The molecular weight excluding hydrogens is 1610 g/mol. The van der Waals surface area contributed by atoms with Gasteiger partial charge < -0.3 is 9.80 Å². The van der Waals surface area contributed by atoms with E-state index in [9.17, 15) is 0 Å². The number of nitrogens with zero attached hydrogens (tertiary/aromatic N) is 2. The first-order valence-electron chi connectivity index (χ1n) is 44.9. The molecule has 2 aromatic heterocycles. The minimum atomic E-state index is -0.816. The highest BCUT2D eigenvalue weighted by molar-refractivity contribution is 7.26. The van der Waals surface area contributed by atoms with Crippen LogP contribution in [0.3, 0.4) is 0 Å². The maximum atomic E-state index is 2.60. The second-order valence-corrected chi connectivity index (χ2v) is 36.7. The van der Waals surface area contributed by atoms with Gasteiger partial charge in [0.1, 0.15) is 0 Å². The molecular formula is C126H80N2S2. The molecule has 4 heteroatoms. The van der Waals surface area contributed by atoms with Crippen LogP contribution in [-0.4, -0.2) is 0 Å². The Labute approximate surface area is 762 Å². The summed E-state index contributed by atoms with van der Waals surface area (Å²) in [6.45, 7) is 0. The monoisotopic (exact) mass is 1680 g/mol. The molecule has 606 valence electrons. The number of anilines is 6. The van der Waals surface area contributed by atoms with E-state index in [1.807, 2.05) is 22.7 Å². The van der Waals surface area contributed by atoms with E-state index in [4.69, 9.17) is 0 Å². The molecule has 2 aliphatic carbocycles. The third kappa shape index (κ3) is 11.5. The maximum absolute atomic E-state index is 2.60. The van der Waals surface area contributed by atoms with E-state index in [0.717, 1.165) is 67.3 Å². The van der Waals surface area contributed by atoms with Crippen molar-refractivity contribution in [1.29, 1.82) is 0 Å². The SMILES string of the molecule is c1ccc(-c2c(N(c3ccc(-c4cccc5c4sc4ccccc45)cc3)c3ccc4c(c3)C(c3ccccc3)(c3ccccc3)c3cc(-c5cccc(-c6c(N(c7ccc(-c8cccc9c8sc8ccccc89)cc7)c7ccc8c(c7)-c7ccccc7C8(c7ccccc7)c7ccccc7)c7ccccc7c7ccccc67)c5)ccc3-4)c3ccccc3c3ccccc23)cc1. The molecule has 2 aliphatic rings. The van der Waals surface area contributed by atoms with Crippen molar-refractivity contribution in [3.8, 4) is 77.9 Å². The molecule has 0 spiro atoms. The highest BCUT2D eigenvalue weighted by Crippen LogP contribution is 2.62. The average molecular weight is 1690 g/mol. The average Bonchev–Trinajstić information content (AvgIpc) is 1.46. The van der Waals surface area contributed by atoms with E-state index < -0.39 is 10.8 Å². The van der Waals surface area contributed by atoms with Crippen LogP contribution in [0, 0.1) is 0 Å². The third-order valence-electron chi connectivity index (χ3n) is 28.0. The van der Waals surface area contributed by atoms with Gasteiger partial charge in [0.25, 0.3) is 0 Å². The Morgan fingerprint density at radius 3 is 0.985 bits per heavy atom. The van der Waals surface area contributed by atoms with Crippen LogP contribution in [0.5, 0.6) is 0 Å². The third-order valence-corrected chi connectivity index (χ3v) is 30.4. The molecule has 0 bridgehead atoms. The standard InChI is InChI=1S/C126H80N2S2/c1-6-33-83(34-7-1)119-106-52-20-16-45-97(106)99-47-18-22-54-108(99)121(119)128(92-70-65-82(66-71-92)96-57-32-59-111-105-51-26-29-62-118(105)130-124(96)111)94-72-75-103-102-74-67-85(78-115(102)126(116(103)80-94,89-41-12-4-13-42-89)90-43-14-5-15-44-90)84-35-30-36-86(77-84)120-107-53-21-17-46-98(107)100-48-19-23-55-109(100)122(120)127(91-68-63-81(64-69-91)95-56-31-58-110-104-50-25-28-61-117(104)129-123(95)110)93-73-76-114-112(79-93)101-49-24-27-60-113(101)125(114,87-37-8-2-9-38-87)88-39-10-3-11-40-88/h1-80H. The highest BCUT2D eigenvalue weighted by atomic mass is 32.1. The van der Waals surface area contributed by atoms with E-state index in [1.165, 1.54) is 173 Å². The van der Waals surface area contributed by atoms with Gasteiger partial charge in [-0.05, 0) is 216 Å². The molecule has 0 radical (unpaired) electrons. The number of benzene rings is 22. The fraction of sp³-hybridized carbons (Fsp3) is 0.0159. The zero-order valence-corrected chi connectivity index (χ0v) is 72.5. The number of thiophene rings is 2. The predicted octanol–water partition coefficient (Wildman–Crippen LogP) is 35.0. The second kappa shape index (κ2) is 30.3. The van der Waals surface area contributed by atoms with Gasteiger partial charge in [-0.15, -0.1) is 22.7 Å². The van der Waals surface area contributed by atoms with Gasteiger partial charge in [-0.1, -0.05) is 413 Å². The zero-order valence-electron chi connectivity index (χ0n) is 70.9. The molecule has 26 rings (SSSR count). The molecule has 0 saturated heterocycles. The van der Waals surface area contributed by atoms with Crippen LogP contribution < -0.4 is 9.80 Å². The molecule has 0 atom stereocenters. The summed E-state index contributed by atoms with van der Waals surface area (Å²) in [5.74, 6) is 0. The van der Waals surface area contributed by atoms with Crippen molar-refractivity contribution in [1.82, 2.24) is 0 Å². The van der Waals surface area contributed by atoms with Crippen molar-refractivity contribution < 1.29 is 0 Å². The normalized spacial score (nSPS) is 12.9. The second-order valence-electron chi connectivity index (χ2n) is 34.6. The minimum absolute atomic E-state index is 0.589. The molecule has 0 amide bonds. The molecule has 22 aromatic carbocycles. The van der Waals surface area contributed by atoms with Gasteiger partial charge in [0.2, 0.25) is 0 Å². The molecule has 24 aromatic rings. The van der Waals surface area contributed by atoms with E-state index in [1.54, 1.807) is 0 Å². The number of hydrogen-bond donors (Lipinski definition) is 0. The summed E-state index contributed by atoms with van der Waals surface area (Å²) < 4.78 is 5.18. The predicted molar refractivity (Wildman–Crippen MR) is 553 cm³/mol. The van der Waals surface area contributed by atoms with Crippen molar-refractivity contribution in [2.75, 3.05) is 9.80 Å². The lowest BCUT2D eigenvalue weighted by atomic mass is 9.67. The smallest absolute Gasteiger partial charge is 0.0714 e. The van der Waals surface area contributed by atoms with E-state index in [2.05, 4.69) is 495 Å². The van der Waals surface area contributed by atoms with Gasteiger partial charge in [-0.2, -0.15) is 0 Å². The van der Waals surface area contributed by atoms with Crippen LogP contribution in [-0.2, 0) is 10.8 Å². The van der Waals surface area contributed by atoms with Crippen molar-refractivity contribution in [3.63, 3.8) is 0 Å². The van der Waals surface area contributed by atoms with Gasteiger partial charge in [0, 0.05) is 85.0 Å². The van der Waals surface area contributed by atoms with E-state index in [0.29, 0.717) is 0 Å². The lowest BCUT2D eigenvalue weighted by Crippen LogP contribution is -2.29. The van der Waals surface area contributed by atoms with Crippen LogP contribution in [0.4, 0.5) is 34.1 Å². The molecule has 2 nitrogen and oxygen atoms in total. The summed E-state index contributed by atoms with van der Waals surface area (Å²) in [5.41, 5.74) is 31.3. The topological polar surface area (TPSA) is 6.48 Å². The van der Waals surface area contributed by atoms with E-state index >= 15 is 0 Å². The molecule has 130 heavy (non-hydrogen) atoms. The first kappa shape index (κ1) is 75.3. The van der Waals surface area contributed by atoms with Crippen LogP contribution in [0.25, 0.3) is 161 Å². The lowest BCUT2D eigenvalue weighted by molar-refractivity contribution is 0.768. The molecule has 0 aliphatic heterocycles. The van der Waals surface area contributed by atoms with Crippen molar-refractivity contribution in [2.45, 2.75) is 10.8 Å². The van der Waals surface area contributed by atoms with Crippen molar-refractivity contribution in [2.24, 2.45) is 0 Å². The van der Waals surface area contributed by atoms with Crippen LogP contribution in [0.1, 0.15) is 44.5 Å². The Balaban J connectivity index is 0.680. The van der Waals surface area contributed by atoms with Gasteiger partial charge in [-0.25, -0.2) is 0 Å². The maximum Gasteiger partial charge on any atom is 0.0714 e. The van der Waals surface area contributed by atoms with Crippen molar-refractivity contribution in [3.05, 3.63) is 530 Å². The molecule has 0 saturated carbocycles. The quantitative estimate of drug-likeness (QED) is 0.0944. The molecule has 0 N–H and O–H groups in total. The van der Waals surface area contributed by atoms with Crippen molar-refractivity contribution >= 4 is 140 Å². The van der Waals surface area contributed by atoms with Crippen LogP contribution in [0.15, 0.2) is 485 Å². The summed E-state index contributed by atoms with van der Waals surface area (Å²) in [6.07, 6.45) is 0. The Morgan fingerprint density at radius 2 is 0.477 bits per heavy atom. The van der Waals surface area contributed by atoms with Gasteiger partial charge in [0.15, 0.2) is 0 Å². The molecule has 2 heterocycles. The summed E-state index contributed by atoms with van der Waals surface area (Å²) >= 11 is 3.76. The Kier molecular flexibility index (Phi) is 17.6. The first-order valence-corrected chi connectivity index (χ1v) is 46.6. The number of hydrogen-bond acceptors (Lipinski definition) is 4. The number of rotatable bonds is 15. The Bertz CT molecular complexity index is 8570. The largest absolute Gasteiger partial charge is 0.309 e. The molecule has 0 fully saturated rings. The summed E-state index contributed by atoms with van der Waals surface area (Å²) in [4.78, 5) is 5.18. The van der Waals surface area contributed by atoms with Gasteiger partial charge >= 0.3 is 0 Å². The Morgan fingerprint density at radius 1 is 0.162 bits per heavy atom. The lowest BCUT2D eigenvalue weighted by Gasteiger charge is -2.35. The summed E-state index contributed by atoms with van der Waals surface area (Å²) in [6, 6.07) is 183. The Hall–Kier alpha value is -16.1. The van der Waals surface area contributed by atoms with Crippen LogP contribution in [0.2, 0.25) is 0 Å². The number of fused-ring (bicyclic) bond motifs is 18. The highest BCUT2D eigenvalue weighted by Gasteiger charge is 2.49. The van der Waals surface area contributed by atoms with Crippen LogP contribution >= 0.6 is 22.7 Å².